The molecule has 14 heavy (non-hydrogen) atoms. The van der Waals surface area contributed by atoms with E-state index in [1.54, 1.807) is 0 Å². The molecule has 3 atom stereocenters. The van der Waals surface area contributed by atoms with Crippen molar-refractivity contribution >= 4 is 5.84 Å². The summed E-state index contributed by atoms with van der Waals surface area (Å²) in [6.45, 7) is 5.76. The minimum Gasteiger partial charge on any atom is -0.371 e. The molecule has 0 aromatic carbocycles. The van der Waals surface area contributed by atoms with E-state index in [1.807, 2.05) is 0 Å². The van der Waals surface area contributed by atoms with Crippen LogP contribution in [0.4, 0.5) is 0 Å². The highest BCUT2D eigenvalue weighted by atomic mass is 15.0. The van der Waals surface area contributed by atoms with E-state index in [1.165, 1.54) is 37.9 Å². The molecule has 0 aromatic rings. The van der Waals surface area contributed by atoms with E-state index in [4.69, 9.17) is 0 Å². The lowest BCUT2D eigenvalue weighted by atomic mass is 9.93. The fraction of sp³-hybridized carbons (Fsp3) is 0.917. The van der Waals surface area contributed by atoms with Gasteiger partial charge in [-0.3, -0.25) is 4.99 Å². The van der Waals surface area contributed by atoms with Crippen LogP contribution in [0.25, 0.3) is 0 Å². The first-order valence-electron chi connectivity index (χ1n) is 6.11. The van der Waals surface area contributed by atoms with Gasteiger partial charge in [0.15, 0.2) is 0 Å². The van der Waals surface area contributed by atoms with Gasteiger partial charge in [0.1, 0.15) is 0 Å². The zero-order valence-electron chi connectivity index (χ0n) is 9.42. The number of nitrogens with one attached hydrogen (secondary N) is 1. The highest BCUT2D eigenvalue weighted by molar-refractivity contribution is 5.83. The van der Waals surface area contributed by atoms with Gasteiger partial charge < -0.3 is 5.32 Å². The lowest BCUT2D eigenvalue weighted by molar-refractivity contribution is 0.368. The fourth-order valence-corrected chi connectivity index (χ4v) is 2.90. The molecule has 80 valence electrons. The summed E-state index contributed by atoms with van der Waals surface area (Å²) >= 11 is 0. The van der Waals surface area contributed by atoms with Gasteiger partial charge in [-0.2, -0.15) is 0 Å². The van der Waals surface area contributed by atoms with Gasteiger partial charge >= 0.3 is 0 Å². The highest BCUT2D eigenvalue weighted by Gasteiger charge is 2.32. The number of rotatable bonds is 2. The van der Waals surface area contributed by atoms with Crippen LogP contribution >= 0.6 is 0 Å². The molecule has 2 rings (SSSR count). The maximum atomic E-state index is 4.49. The molecule has 1 aliphatic carbocycles. The van der Waals surface area contributed by atoms with E-state index in [0.717, 1.165) is 18.4 Å². The van der Waals surface area contributed by atoms with E-state index in [2.05, 4.69) is 24.2 Å². The maximum absolute atomic E-state index is 4.49. The number of aliphatic imine (C=N–C) groups is 1. The van der Waals surface area contributed by atoms with Gasteiger partial charge in [-0.1, -0.05) is 20.3 Å². The molecule has 1 heterocycles. The monoisotopic (exact) mass is 194 g/mol. The van der Waals surface area contributed by atoms with Crippen LogP contribution < -0.4 is 5.32 Å². The van der Waals surface area contributed by atoms with Crippen LogP contribution in [-0.4, -0.2) is 18.4 Å². The van der Waals surface area contributed by atoms with Crippen LogP contribution in [0.5, 0.6) is 0 Å². The average Bonchev–Trinajstić information content (AvgIpc) is 2.79. The third kappa shape index (κ3) is 1.94. The Kier molecular flexibility index (Phi) is 3.09. The molecule has 0 bridgehead atoms. The molecule has 3 unspecified atom stereocenters. The Morgan fingerprint density at radius 2 is 2.29 bits per heavy atom. The summed E-state index contributed by atoms with van der Waals surface area (Å²) in [5.74, 6) is 3.05. The average molecular weight is 194 g/mol. The van der Waals surface area contributed by atoms with E-state index in [0.29, 0.717) is 6.04 Å². The quantitative estimate of drug-likeness (QED) is 0.718. The van der Waals surface area contributed by atoms with Crippen LogP contribution in [0, 0.1) is 11.8 Å². The minimum atomic E-state index is 0.705. The zero-order chi connectivity index (χ0) is 9.97. The first-order valence-corrected chi connectivity index (χ1v) is 6.11. The summed E-state index contributed by atoms with van der Waals surface area (Å²) in [6, 6.07) is 0.705. The summed E-state index contributed by atoms with van der Waals surface area (Å²) in [5, 5.41) is 3.64. The third-order valence-corrected chi connectivity index (χ3v) is 3.98. The molecule has 0 aromatic heterocycles. The second-order valence-corrected chi connectivity index (χ2v) is 4.79. The number of nitrogens with zero attached hydrogens (tertiary/aromatic N) is 1. The smallest absolute Gasteiger partial charge is 0.0965 e. The largest absolute Gasteiger partial charge is 0.371 e. The molecule has 0 saturated heterocycles. The van der Waals surface area contributed by atoms with Gasteiger partial charge in [0.05, 0.1) is 5.84 Å². The van der Waals surface area contributed by atoms with E-state index >= 15 is 0 Å². The zero-order valence-corrected chi connectivity index (χ0v) is 9.42. The topological polar surface area (TPSA) is 24.4 Å². The van der Waals surface area contributed by atoms with Gasteiger partial charge in [-0.15, -0.1) is 0 Å². The van der Waals surface area contributed by atoms with Crippen molar-refractivity contribution in [1.82, 2.24) is 5.32 Å². The number of hydrogen-bond donors (Lipinski definition) is 1. The van der Waals surface area contributed by atoms with Crippen LogP contribution in [0.2, 0.25) is 0 Å². The Balaban J connectivity index is 1.87. The molecule has 1 saturated carbocycles. The first kappa shape index (κ1) is 10.0. The molecular formula is C12H22N2. The molecule has 0 radical (unpaired) electrons. The van der Waals surface area contributed by atoms with Crippen molar-refractivity contribution in [3.8, 4) is 0 Å². The lowest BCUT2D eigenvalue weighted by Crippen LogP contribution is -2.36. The van der Waals surface area contributed by atoms with Crippen LogP contribution in [0.3, 0.4) is 0 Å². The summed E-state index contributed by atoms with van der Waals surface area (Å²) in [7, 11) is 0. The number of hydrogen-bond acceptors (Lipinski definition) is 2. The third-order valence-electron chi connectivity index (χ3n) is 3.98. The standard InChI is InChI=1S/C12H22N2/c1-3-10-6-7-11(9(10)2)14-12-5-4-8-13-12/h9-11H,3-8H2,1-2H3,(H,13,14). The number of amidine groups is 1. The molecule has 0 spiro atoms. The van der Waals surface area contributed by atoms with Gasteiger partial charge in [-0.25, -0.2) is 0 Å². The molecule has 0 amide bonds. The van der Waals surface area contributed by atoms with Crippen molar-refractivity contribution in [3.63, 3.8) is 0 Å². The van der Waals surface area contributed by atoms with E-state index in [-0.39, 0.29) is 0 Å². The van der Waals surface area contributed by atoms with Crippen LogP contribution in [-0.2, 0) is 0 Å². The molecule has 2 nitrogen and oxygen atoms in total. The Morgan fingerprint density at radius 1 is 1.43 bits per heavy atom. The van der Waals surface area contributed by atoms with Crippen molar-refractivity contribution in [2.75, 3.05) is 6.54 Å². The molecule has 1 N–H and O–H groups in total. The second kappa shape index (κ2) is 4.33. The lowest BCUT2D eigenvalue weighted by Gasteiger charge is -2.21. The van der Waals surface area contributed by atoms with Gasteiger partial charge in [0.2, 0.25) is 0 Å². The summed E-state index contributed by atoms with van der Waals surface area (Å²) < 4.78 is 0. The molecule has 2 heteroatoms. The predicted octanol–water partition coefficient (Wildman–Crippen LogP) is 2.59. The van der Waals surface area contributed by atoms with Gasteiger partial charge in [0, 0.05) is 19.0 Å². The van der Waals surface area contributed by atoms with Crippen molar-refractivity contribution in [1.29, 1.82) is 0 Å². The Bertz CT molecular complexity index is 222. The van der Waals surface area contributed by atoms with Gasteiger partial charge in [-0.05, 0) is 31.1 Å². The van der Waals surface area contributed by atoms with Crippen molar-refractivity contribution in [3.05, 3.63) is 0 Å². The van der Waals surface area contributed by atoms with Crippen molar-refractivity contribution in [2.45, 2.75) is 52.0 Å². The Morgan fingerprint density at radius 3 is 2.86 bits per heavy atom. The minimum absolute atomic E-state index is 0.705. The summed E-state index contributed by atoms with van der Waals surface area (Å²) in [5.41, 5.74) is 0. The molecule has 2 aliphatic rings. The van der Waals surface area contributed by atoms with Crippen molar-refractivity contribution < 1.29 is 0 Å². The molecule has 1 fully saturated rings. The first-order chi connectivity index (χ1) is 6.81. The summed E-state index contributed by atoms with van der Waals surface area (Å²) in [6.07, 6.45) is 6.52. The van der Waals surface area contributed by atoms with Gasteiger partial charge in [0.25, 0.3) is 0 Å². The van der Waals surface area contributed by atoms with Crippen LogP contribution in [0.1, 0.15) is 46.0 Å². The van der Waals surface area contributed by atoms with E-state index in [9.17, 15) is 0 Å². The van der Waals surface area contributed by atoms with Crippen molar-refractivity contribution in [2.24, 2.45) is 16.8 Å². The van der Waals surface area contributed by atoms with Crippen LogP contribution in [0.15, 0.2) is 4.99 Å². The summed E-state index contributed by atoms with van der Waals surface area (Å²) in [4.78, 5) is 4.49. The SMILES string of the molecule is CCC1CCC(NC2=NCCC2)C1C. The molecular weight excluding hydrogens is 172 g/mol. The van der Waals surface area contributed by atoms with E-state index < -0.39 is 0 Å². The normalized spacial score (nSPS) is 37.3. The fourth-order valence-electron chi connectivity index (χ4n) is 2.90. The second-order valence-electron chi connectivity index (χ2n) is 4.79. The molecule has 1 aliphatic heterocycles. The highest BCUT2D eigenvalue weighted by Crippen LogP contribution is 2.34. The Hall–Kier alpha value is -0.530. The predicted molar refractivity (Wildman–Crippen MR) is 60.6 cm³/mol. The maximum Gasteiger partial charge on any atom is 0.0965 e. The Labute approximate surface area is 87.2 Å².